The first-order valence-electron chi connectivity index (χ1n) is 16.0. The smallest absolute Gasteiger partial charge is 0.312 e. The molecule has 0 aliphatic carbocycles. The Morgan fingerprint density at radius 2 is 1.88 bits per heavy atom. The van der Waals surface area contributed by atoms with Crippen molar-refractivity contribution in [3.05, 3.63) is 53.3 Å². The Labute approximate surface area is 280 Å². The first-order valence-corrected chi connectivity index (χ1v) is 16.0. The lowest BCUT2D eigenvalue weighted by Gasteiger charge is -2.30. The minimum Gasteiger partial charge on any atom is -0.507 e. The van der Waals surface area contributed by atoms with E-state index in [0.717, 1.165) is 12.8 Å². The van der Waals surface area contributed by atoms with Gasteiger partial charge < -0.3 is 39.7 Å². The van der Waals surface area contributed by atoms with Crippen LogP contribution in [0.1, 0.15) is 76.7 Å². The number of aromatic hydroxyl groups is 2. The number of carbonyl (C=O) groups is 2. The number of phenols is 2. The number of ether oxygens (including phenoxy) is 3. The third kappa shape index (κ3) is 7.25. The fraction of sp³-hybridized carbons (Fsp3) is 0.459. The summed E-state index contributed by atoms with van der Waals surface area (Å²) in [6.07, 6.45) is 14.5. The maximum atomic E-state index is 13.9. The molecule has 7 atom stereocenters. The topological polar surface area (TPSA) is 164 Å². The molecule has 2 aromatic rings. The van der Waals surface area contributed by atoms with Crippen LogP contribution in [0.5, 0.6) is 23.0 Å². The van der Waals surface area contributed by atoms with Gasteiger partial charge >= 0.3 is 11.8 Å². The Balaban J connectivity index is 1.83. The number of anilines is 1. The van der Waals surface area contributed by atoms with E-state index in [4.69, 9.17) is 20.6 Å². The van der Waals surface area contributed by atoms with Crippen LogP contribution >= 0.6 is 0 Å². The average molecular weight is 664 g/mol. The molecule has 5 bridgehead atoms. The molecule has 3 aliphatic rings. The molecular formula is C37H45NO10. The number of allylic oxidation sites excluding steroid dienone is 4. The van der Waals surface area contributed by atoms with E-state index in [1.54, 1.807) is 19.1 Å². The number of fused-ring (bicyclic) bond motifs is 14. The number of benzene rings is 2. The van der Waals surface area contributed by atoms with Crippen LogP contribution in [0.2, 0.25) is 0 Å². The Morgan fingerprint density at radius 3 is 2.52 bits per heavy atom. The molecule has 0 saturated carbocycles. The zero-order valence-electron chi connectivity index (χ0n) is 28.4. The van der Waals surface area contributed by atoms with Crippen LogP contribution in [-0.4, -0.2) is 50.4 Å². The lowest BCUT2D eigenvalue weighted by atomic mass is 9.82. The third-order valence-corrected chi connectivity index (χ3v) is 9.02. The van der Waals surface area contributed by atoms with Gasteiger partial charge in [-0.3, -0.25) is 9.59 Å². The van der Waals surface area contributed by atoms with Crippen LogP contribution in [0, 0.1) is 42.9 Å². The van der Waals surface area contributed by atoms with Crippen molar-refractivity contribution in [3.63, 3.8) is 0 Å². The molecule has 0 aromatic heterocycles. The summed E-state index contributed by atoms with van der Waals surface area (Å²) < 4.78 is 17.5. The first-order chi connectivity index (χ1) is 22.6. The van der Waals surface area contributed by atoms with Crippen LogP contribution in [-0.2, 0) is 14.3 Å². The summed E-state index contributed by atoms with van der Waals surface area (Å²) in [7, 11) is 0. The van der Waals surface area contributed by atoms with E-state index in [2.05, 4.69) is 30.0 Å². The summed E-state index contributed by atoms with van der Waals surface area (Å²) in [4.78, 5) is 30.7. The van der Waals surface area contributed by atoms with Crippen molar-refractivity contribution in [2.75, 3.05) is 5.32 Å². The SMILES string of the molecule is C#C[C@@H]1C/C=C/O[C@@]2(C)Oc3c(C)c(O)c4c(OO)c(cc(O)c4c3C2=O)NC(O)/C(C)=C\C=C\[C@H](C)C[C@@H](C)C[C@@H](C)[C@@H]1OC(C)=O. The number of hydrogen-bond donors (Lipinski definition) is 5. The number of rotatable bonds is 2. The zero-order chi connectivity index (χ0) is 35.5. The Hall–Kier alpha value is -4.66. The fourth-order valence-electron chi connectivity index (χ4n) is 6.61. The van der Waals surface area contributed by atoms with Gasteiger partial charge in [0.05, 0.1) is 28.8 Å². The number of esters is 1. The molecule has 11 nitrogen and oxygen atoms in total. The van der Waals surface area contributed by atoms with Crippen LogP contribution in [0.3, 0.4) is 0 Å². The number of hydrogen-bond acceptors (Lipinski definition) is 11. The minimum atomic E-state index is -1.90. The molecule has 5 N–H and O–H groups in total. The van der Waals surface area contributed by atoms with Gasteiger partial charge in [-0.05, 0) is 62.5 Å². The number of terminal acetylenes is 1. The number of ketones is 1. The van der Waals surface area contributed by atoms with E-state index >= 15 is 0 Å². The summed E-state index contributed by atoms with van der Waals surface area (Å²) in [5.41, 5.74) is 0.485. The third-order valence-electron chi connectivity index (χ3n) is 9.02. The standard InChI is InChI=1S/C37H45NO10/c1-9-25-14-11-15-45-37(8)35(42)30-28-27(40)18-26(34(48-44)29(28)31(41)23(6)33(30)47-37)38-36(43)21(4)13-10-12-19(2)16-20(3)17-22(5)32(25)46-24(7)39/h1,10-13,15,18-20,22,25,32,36,38,40-41,43-44H,14,16-17H2,2-8H3/b12-10+,15-11+,21-13-/t19-,20+,22+,25+,32-,36?,37-/m0/s1. The average Bonchev–Trinajstić information content (AvgIpc) is 3.28. The highest BCUT2D eigenvalue weighted by Crippen LogP contribution is 2.54. The van der Waals surface area contributed by atoms with E-state index in [9.17, 15) is 30.2 Å². The highest BCUT2D eigenvalue weighted by molar-refractivity contribution is 6.21. The highest BCUT2D eigenvalue weighted by Gasteiger charge is 2.49. The van der Waals surface area contributed by atoms with Crippen LogP contribution in [0.15, 0.2) is 42.2 Å². The van der Waals surface area contributed by atoms with Gasteiger partial charge in [0.25, 0.3) is 5.78 Å². The van der Waals surface area contributed by atoms with Gasteiger partial charge in [-0.25, -0.2) is 5.26 Å². The minimum absolute atomic E-state index is 0.0227. The molecule has 258 valence electrons. The Kier molecular flexibility index (Phi) is 11.0. The van der Waals surface area contributed by atoms with Crippen molar-refractivity contribution in [2.24, 2.45) is 23.7 Å². The number of phenolic OH excluding ortho intramolecular Hbond substituents is 2. The monoisotopic (exact) mass is 663 g/mol. The van der Waals surface area contributed by atoms with Crippen LogP contribution in [0.25, 0.3) is 10.8 Å². The van der Waals surface area contributed by atoms with Crippen LogP contribution < -0.4 is 14.9 Å². The first kappa shape index (κ1) is 36.2. The Bertz CT molecular complexity index is 1700. The molecule has 11 heteroatoms. The molecule has 0 spiro atoms. The van der Waals surface area contributed by atoms with Crippen molar-refractivity contribution in [2.45, 2.75) is 85.8 Å². The van der Waals surface area contributed by atoms with Gasteiger partial charge in [-0.1, -0.05) is 44.9 Å². The summed E-state index contributed by atoms with van der Waals surface area (Å²) >= 11 is 0. The second kappa shape index (κ2) is 14.6. The predicted octanol–water partition coefficient (Wildman–Crippen LogP) is 6.74. The van der Waals surface area contributed by atoms with Gasteiger partial charge in [0.1, 0.15) is 29.6 Å². The van der Waals surface area contributed by atoms with Gasteiger partial charge in [0.2, 0.25) is 0 Å². The molecular weight excluding hydrogens is 618 g/mol. The van der Waals surface area contributed by atoms with Gasteiger partial charge in [0.15, 0.2) is 5.75 Å². The molecule has 0 saturated heterocycles. The second-order valence-electron chi connectivity index (χ2n) is 13.1. The van der Waals surface area contributed by atoms with Gasteiger partial charge in [0, 0.05) is 30.9 Å². The van der Waals surface area contributed by atoms with Gasteiger partial charge in [-0.2, -0.15) is 0 Å². The fourth-order valence-corrected chi connectivity index (χ4v) is 6.61. The van der Waals surface area contributed by atoms with Crippen molar-refractivity contribution >= 4 is 28.2 Å². The van der Waals surface area contributed by atoms with E-state index in [-0.39, 0.29) is 63.3 Å². The summed E-state index contributed by atoms with van der Waals surface area (Å²) in [5, 5.41) is 45.8. The maximum absolute atomic E-state index is 13.9. The number of carbonyl (C=O) groups excluding carboxylic acids is 2. The van der Waals surface area contributed by atoms with Crippen molar-refractivity contribution in [1.82, 2.24) is 0 Å². The summed E-state index contributed by atoms with van der Waals surface area (Å²) in [6, 6.07) is 1.17. The van der Waals surface area contributed by atoms with Crippen LogP contribution in [0.4, 0.5) is 5.69 Å². The molecule has 0 amide bonds. The van der Waals surface area contributed by atoms with E-state index < -0.39 is 47.3 Å². The molecule has 1 unspecified atom stereocenters. The molecule has 3 heterocycles. The molecule has 2 aromatic carbocycles. The van der Waals surface area contributed by atoms with E-state index in [0.29, 0.717) is 5.57 Å². The lowest BCUT2D eigenvalue weighted by Crippen LogP contribution is -2.38. The molecule has 0 radical (unpaired) electrons. The van der Waals surface area contributed by atoms with E-state index in [1.165, 1.54) is 33.1 Å². The van der Waals surface area contributed by atoms with Crippen molar-refractivity contribution in [3.8, 4) is 35.3 Å². The predicted molar refractivity (Wildman–Crippen MR) is 181 cm³/mol. The molecule has 3 aliphatic heterocycles. The molecule has 48 heavy (non-hydrogen) atoms. The highest BCUT2D eigenvalue weighted by atomic mass is 17.1. The number of nitrogens with one attached hydrogen (secondary N) is 1. The Morgan fingerprint density at radius 1 is 1.17 bits per heavy atom. The normalized spacial score (nSPS) is 30.7. The van der Waals surface area contributed by atoms with Crippen molar-refractivity contribution in [1.29, 1.82) is 0 Å². The zero-order valence-corrected chi connectivity index (χ0v) is 28.4. The maximum Gasteiger partial charge on any atom is 0.312 e. The number of aliphatic hydroxyl groups is 1. The number of Topliss-reactive ketones (excluding diaryl/α,β-unsaturated/α-hetero) is 1. The summed E-state index contributed by atoms with van der Waals surface area (Å²) in [6.45, 7) is 12.2. The van der Waals surface area contributed by atoms with Gasteiger partial charge in [-0.15, -0.1) is 6.42 Å². The van der Waals surface area contributed by atoms with Crippen molar-refractivity contribution < 1.29 is 49.3 Å². The lowest BCUT2D eigenvalue weighted by molar-refractivity contribution is -0.151. The second-order valence-corrected chi connectivity index (χ2v) is 13.1. The quantitative estimate of drug-likeness (QED) is 0.100. The molecule has 0 fully saturated rings. The molecule has 5 rings (SSSR count). The summed E-state index contributed by atoms with van der Waals surface area (Å²) in [5.74, 6) is -1.56. The van der Waals surface area contributed by atoms with E-state index in [1.807, 2.05) is 19.1 Å². The number of aliphatic hydroxyl groups excluding tert-OH is 1. The largest absolute Gasteiger partial charge is 0.507 e.